The van der Waals surface area contributed by atoms with Gasteiger partial charge in [0.05, 0.1) is 0 Å². The van der Waals surface area contributed by atoms with Gasteiger partial charge in [0, 0.05) is 50.9 Å². The molecule has 0 bridgehead atoms. The van der Waals surface area contributed by atoms with Crippen LogP contribution in [0.4, 0.5) is 0 Å². The van der Waals surface area contributed by atoms with Crippen LogP contribution >= 0.6 is 24.8 Å². The van der Waals surface area contributed by atoms with Crippen LogP contribution in [0.5, 0.6) is 0 Å². The number of carbonyl (C=O) groups excluding carboxylic acids is 1. The summed E-state index contributed by atoms with van der Waals surface area (Å²) in [5, 5.41) is 6.26. The molecule has 0 aromatic heterocycles. The van der Waals surface area contributed by atoms with Crippen molar-refractivity contribution >= 4 is 30.7 Å². The molecule has 0 aliphatic carbocycles. The summed E-state index contributed by atoms with van der Waals surface area (Å²) < 4.78 is 0. The number of piperazine rings is 1. The van der Waals surface area contributed by atoms with E-state index in [2.05, 4.69) is 53.5 Å². The molecule has 144 valence electrons. The lowest BCUT2D eigenvalue weighted by atomic mass is 10.1. The van der Waals surface area contributed by atoms with Gasteiger partial charge in [0.1, 0.15) is 0 Å². The first-order chi connectivity index (χ1) is 11.1. The molecule has 1 aromatic rings. The summed E-state index contributed by atoms with van der Waals surface area (Å²) in [5.41, 5.74) is 2.00. The minimum Gasteiger partial charge on any atom is -0.350 e. The van der Waals surface area contributed by atoms with Crippen LogP contribution in [-0.4, -0.2) is 68.1 Å². The zero-order valence-corrected chi connectivity index (χ0v) is 17.1. The first kappa shape index (κ1) is 24.1. The Labute approximate surface area is 164 Å². The number of nitrogens with zero attached hydrogens (tertiary/aromatic N) is 2. The van der Waals surface area contributed by atoms with E-state index >= 15 is 0 Å². The van der Waals surface area contributed by atoms with Gasteiger partial charge in [0.25, 0.3) is 5.91 Å². The number of likely N-dealkylation sites (N-methyl/N-ethyl adjacent to an activating group) is 2. The Bertz CT molecular complexity index is 490. The van der Waals surface area contributed by atoms with E-state index in [-0.39, 0.29) is 30.7 Å². The first-order valence-corrected chi connectivity index (χ1v) is 8.60. The molecule has 1 amide bonds. The third kappa shape index (κ3) is 8.38. The summed E-state index contributed by atoms with van der Waals surface area (Å²) >= 11 is 0. The quantitative estimate of drug-likeness (QED) is 0.747. The molecular formula is C18H32Cl2N4O. The van der Waals surface area contributed by atoms with Crippen molar-refractivity contribution in [3.63, 3.8) is 0 Å². The molecule has 1 fully saturated rings. The Morgan fingerprint density at radius 2 is 1.72 bits per heavy atom. The molecule has 7 heteroatoms. The Hall–Kier alpha value is -0.850. The van der Waals surface area contributed by atoms with Crippen LogP contribution in [0.15, 0.2) is 24.3 Å². The fourth-order valence-corrected chi connectivity index (χ4v) is 2.79. The Morgan fingerprint density at radius 1 is 1.12 bits per heavy atom. The molecule has 0 radical (unpaired) electrons. The SMILES string of the molecule is CCN[C@H](C)CNC(=O)c1ccc(CN2CCN(C)CC2)cc1.Cl.Cl. The van der Waals surface area contributed by atoms with Crippen LogP contribution in [0.1, 0.15) is 29.8 Å². The van der Waals surface area contributed by atoms with E-state index in [1.165, 1.54) is 5.56 Å². The van der Waals surface area contributed by atoms with Crippen LogP contribution in [-0.2, 0) is 6.54 Å². The van der Waals surface area contributed by atoms with Crippen molar-refractivity contribution in [2.75, 3.05) is 46.3 Å². The molecule has 0 saturated carbocycles. The van der Waals surface area contributed by atoms with Gasteiger partial charge < -0.3 is 15.5 Å². The third-order valence-electron chi connectivity index (χ3n) is 4.34. The van der Waals surface area contributed by atoms with E-state index in [9.17, 15) is 4.79 Å². The molecule has 0 unspecified atom stereocenters. The van der Waals surface area contributed by atoms with E-state index in [1.54, 1.807) is 0 Å². The number of amides is 1. The Balaban J connectivity index is 0.00000288. The van der Waals surface area contributed by atoms with Crippen molar-refractivity contribution in [2.24, 2.45) is 0 Å². The molecular weight excluding hydrogens is 359 g/mol. The van der Waals surface area contributed by atoms with Gasteiger partial charge in [0.15, 0.2) is 0 Å². The van der Waals surface area contributed by atoms with Crippen LogP contribution in [0.2, 0.25) is 0 Å². The number of hydrogen-bond acceptors (Lipinski definition) is 4. The predicted octanol–water partition coefficient (Wildman–Crippen LogP) is 2.01. The maximum Gasteiger partial charge on any atom is 0.251 e. The molecule has 0 spiro atoms. The highest BCUT2D eigenvalue weighted by atomic mass is 35.5. The number of hydrogen-bond donors (Lipinski definition) is 2. The van der Waals surface area contributed by atoms with Crippen LogP contribution < -0.4 is 10.6 Å². The van der Waals surface area contributed by atoms with Gasteiger partial charge in [-0.15, -0.1) is 24.8 Å². The lowest BCUT2D eigenvalue weighted by Gasteiger charge is -2.32. The maximum absolute atomic E-state index is 12.1. The topological polar surface area (TPSA) is 47.6 Å². The summed E-state index contributed by atoms with van der Waals surface area (Å²) in [7, 11) is 2.17. The van der Waals surface area contributed by atoms with Crippen molar-refractivity contribution < 1.29 is 4.79 Å². The molecule has 1 atom stereocenters. The summed E-state index contributed by atoms with van der Waals surface area (Å²) in [4.78, 5) is 17.0. The summed E-state index contributed by atoms with van der Waals surface area (Å²) in [6.07, 6.45) is 0. The summed E-state index contributed by atoms with van der Waals surface area (Å²) in [5.74, 6) is 0.000834. The maximum atomic E-state index is 12.1. The largest absolute Gasteiger partial charge is 0.350 e. The fourth-order valence-electron chi connectivity index (χ4n) is 2.79. The predicted molar refractivity (Wildman–Crippen MR) is 109 cm³/mol. The van der Waals surface area contributed by atoms with Crippen molar-refractivity contribution in [1.29, 1.82) is 0 Å². The van der Waals surface area contributed by atoms with Crippen LogP contribution in [0, 0.1) is 0 Å². The van der Waals surface area contributed by atoms with Crippen molar-refractivity contribution in [3.8, 4) is 0 Å². The van der Waals surface area contributed by atoms with E-state index in [1.807, 2.05) is 12.1 Å². The second kappa shape index (κ2) is 12.5. The van der Waals surface area contributed by atoms with Gasteiger partial charge in [-0.25, -0.2) is 0 Å². The van der Waals surface area contributed by atoms with Gasteiger partial charge in [0.2, 0.25) is 0 Å². The van der Waals surface area contributed by atoms with Gasteiger partial charge in [-0.05, 0) is 38.2 Å². The highest BCUT2D eigenvalue weighted by Crippen LogP contribution is 2.09. The zero-order chi connectivity index (χ0) is 16.7. The summed E-state index contributed by atoms with van der Waals surface area (Å²) in [6, 6.07) is 8.29. The Morgan fingerprint density at radius 3 is 2.28 bits per heavy atom. The van der Waals surface area contributed by atoms with E-state index in [0.29, 0.717) is 12.6 Å². The average Bonchev–Trinajstić information content (AvgIpc) is 2.56. The molecule has 1 heterocycles. The van der Waals surface area contributed by atoms with Crippen molar-refractivity contribution in [1.82, 2.24) is 20.4 Å². The lowest BCUT2D eigenvalue weighted by molar-refractivity contribution is 0.0950. The highest BCUT2D eigenvalue weighted by molar-refractivity contribution is 5.94. The highest BCUT2D eigenvalue weighted by Gasteiger charge is 2.14. The standard InChI is InChI=1S/C18H30N4O.2ClH/c1-4-19-15(2)13-20-18(23)17-7-5-16(6-8-17)14-22-11-9-21(3)10-12-22;;/h5-8,15,19H,4,9-14H2,1-3H3,(H,20,23);2*1H/t15-;;/m1../s1. The van der Waals surface area contributed by atoms with E-state index in [4.69, 9.17) is 0 Å². The second-order valence-corrected chi connectivity index (χ2v) is 6.45. The molecule has 5 nitrogen and oxygen atoms in total. The van der Waals surface area contributed by atoms with E-state index in [0.717, 1.165) is 44.8 Å². The molecule has 2 rings (SSSR count). The third-order valence-corrected chi connectivity index (χ3v) is 4.34. The molecule has 1 aliphatic heterocycles. The van der Waals surface area contributed by atoms with Gasteiger partial charge in [-0.1, -0.05) is 19.1 Å². The smallest absolute Gasteiger partial charge is 0.251 e. The Kier molecular flexibility index (Phi) is 12.1. The van der Waals surface area contributed by atoms with Crippen LogP contribution in [0.25, 0.3) is 0 Å². The molecule has 25 heavy (non-hydrogen) atoms. The van der Waals surface area contributed by atoms with Gasteiger partial charge >= 0.3 is 0 Å². The summed E-state index contributed by atoms with van der Waals surface area (Å²) in [6.45, 7) is 11.2. The second-order valence-electron chi connectivity index (χ2n) is 6.45. The van der Waals surface area contributed by atoms with Crippen molar-refractivity contribution in [2.45, 2.75) is 26.4 Å². The number of carbonyl (C=O) groups is 1. The monoisotopic (exact) mass is 390 g/mol. The molecule has 1 aliphatic rings. The van der Waals surface area contributed by atoms with Gasteiger partial charge in [-0.2, -0.15) is 0 Å². The fraction of sp³-hybridized carbons (Fsp3) is 0.611. The normalized spacial score (nSPS) is 16.4. The average molecular weight is 391 g/mol. The number of rotatable bonds is 7. The number of nitrogens with one attached hydrogen (secondary N) is 2. The zero-order valence-electron chi connectivity index (χ0n) is 15.5. The van der Waals surface area contributed by atoms with Crippen molar-refractivity contribution in [3.05, 3.63) is 35.4 Å². The molecule has 1 aromatic carbocycles. The first-order valence-electron chi connectivity index (χ1n) is 8.60. The lowest BCUT2D eigenvalue weighted by Crippen LogP contribution is -2.43. The number of benzene rings is 1. The number of halogens is 2. The van der Waals surface area contributed by atoms with Crippen LogP contribution in [0.3, 0.4) is 0 Å². The minimum atomic E-state index is 0. The molecule has 2 N–H and O–H groups in total. The molecule has 1 saturated heterocycles. The van der Waals surface area contributed by atoms with Gasteiger partial charge in [-0.3, -0.25) is 9.69 Å². The minimum absolute atomic E-state index is 0. The van der Waals surface area contributed by atoms with E-state index < -0.39 is 0 Å².